The average molecular weight is 254 g/mol. The first-order valence-electron chi connectivity index (χ1n) is 7.44. The van der Waals surface area contributed by atoms with Gasteiger partial charge in [-0.05, 0) is 39.2 Å². The van der Waals surface area contributed by atoms with Crippen molar-refractivity contribution in [1.29, 1.82) is 0 Å². The molecule has 104 valence electrons. The molecule has 2 saturated heterocycles. The Bertz CT molecular complexity index is 275. The molecule has 0 radical (unpaired) electrons. The van der Waals surface area contributed by atoms with Crippen LogP contribution >= 0.6 is 0 Å². The molecule has 2 unspecified atom stereocenters. The zero-order valence-electron chi connectivity index (χ0n) is 11.5. The van der Waals surface area contributed by atoms with E-state index in [1.165, 1.54) is 32.1 Å². The zero-order valence-corrected chi connectivity index (χ0v) is 11.5. The van der Waals surface area contributed by atoms with Crippen LogP contribution in [0.15, 0.2) is 0 Å². The van der Waals surface area contributed by atoms with Gasteiger partial charge in [0.15, 0.2) is 0 Å². The summed E-state index contributed by atoms with van der Waals surface area (Å²) in [7, 11) is 2.25. The topological polar surface area (TPSA) is 33.7 Å². The Balaban J connectivity index is 1.50. The van der Waals surface area contributed by atoms with Gasteiger partial charge < -0.3 is 19.7 Å². The molecule has 0 bridgehead atoms. The Morgan fingerprint density at radius 1 is 1.33 bits per heavy atom. The molecule has 3 rings (SSSR count). The lowest BCUT2D eigenvalue weighted by Crippen LogP contribution is -2.53. The Kier molecular flexibility index (Phi) is 3.89. The van der Waals surface area contributed by atoms with Crippen molar-refractivity contribution in [3.8, 4) is 0 Å². The smallest absolute Gasteiger partial charge is 0.0826 e. The summed E-state index contributed by atoms with van der Waals surface area (Å²) in [5, 5.41) is 3.41. The van der Waals surface area contributed by atoms with E-state index in [1.807, 2.05) is 0 Å². The summed E-state index contributed by atoms with van der Waals surface area (Å²) in [6, 6.07) is 0.685. The highest BCUT2D eigenvalue weighted by atomic mass is 16.5. The number of hydrogen-bond acceptors (Lipinski definition) is 4. The highest BCUT2D eigenvalue weighted by Gasteiger charge is 2.43. The molecule has 1 saturated carbocycles. The Morgan fingerprint density at radius 2 is 2.22 bits per heavy atom. The van der Waals surface area contributed by atoms with Crippen LogP contribution in [0.25, 0.3) is 0 Å². The van der Waals surface area contributed by atoms with Gasteiger partial charge in [0.2, 0.25) is 0 Å². The third-order valence-electron chi connectivity index (χ3n) is 4.85. The van der Waals surface area contributed by atoms with Crippen molar-refractivity contribution in [2.75, 3.05) is 39.9 Å². The van der Waals surface area contributed by atoms with E-state index >= 15 is 0 Å². The molecule has 2 aliphatic heterocycles. The van der Waals surface area contributed by atoms with Gasteiger partial charge in [0.1, 0.15) is 0 Å². The number of ether oxygens (including phenoxy) is 2. The van der Waals surface area contributed by atoms with E-state index in [9.17, 15) is 0 Å². The van der Waals surface area contributed by atoms with Crippen LogP contribution in [0.4, 0.5) is 0 Å². The second kappa shape index (κ2) is 5.45. The third kappa shape index (κ3) is 2.72. The molecule has 2 heterocycles. The lowest BCUT2D eigenvalue weighted by molar-refractivity contribution is -0.149. The van der Waals surface area contributed by atoms with Crippen molar-refractivity contribution < 1.29 is 9.47 Å². The van der Waals surface area contributed by atoms with Gasteiger partial charge in [0.25, 0.3) is 0 Å². The van der Waals surface area contributed by atoms with Gasteiger partial charge in [0.05, 0.1) is 18.3 Å². The van der Waals surface area contributed by atoms with E-state index in [2.05, 4.69) is 17.3 Å². The molecule has 18 heavy (non-hydrogen) atoms. The van der Waals surface area contributed by atoms with Gasteiger partial charge in [-0.15, -0.1) is 0 Å². The summed E-state index contributed by atoms with van der Waals surface area (Å²) in [6.45, 7) is 4.85. The third-order valence-corrected chi connectivity index (χ3v) is 4.85. The van der Waals surface area contributed by atoms with Crippen LogP contribution in [0.2, 0.25) is 0 Å². The van der Waals surface area contributed by atoms with E-state index in [-0.39, 0.29) is 5.60 Å². The van der Waals surface area contributed by atoms with E-state index < -0.39 is 0 Å². The first kappa shape index (κ1) is 12.9. The molecule has 0 aromatic carbocycles. The molecule has 0 amide bonds. The molecule has 1 spiro atoms. The van der Waals surface area contributed by atoms with Gasteiger partial charge in [-0.3, -0.25) is 0 Å². The Labute approximate surface area is 110 Å². The summed E-state index contributed by atoms with van der Waals surface area (Å²) < 4.78 is 11.8. The number of morpholine rings is 1. The minimum absolute atomic E-state index is 0.253. The first-order chi connectivity index (χ1) is 8.77. The highest BCUT2D eigenvalue weighted by Crippen LogP contribution is 2.43. The molecular formula is C14H26N2O2. The maximum atomic E-state index is 6.00. The van der Waals surface area contributed by atoms with Gasteiger partial charge in [-0.1, -0.05) is 0 Å². The molecule has 4 heteroatoms. The van der Waals surface area contributed by atoms with Crippen LogP contribution in [-0.4, -0.2) is 62.5 Å². The lowest BCUT2D eigenvalue weighted by atomic mass is 9.73. The molecule has 3 fully saturated rings. The van der Waals surface area contributed by atoms with E-state index in [0.717, 1.165) is 32.8 Å². The molecule has 2 atom stereocenters. The Morgan fingerprint density at radius 3 is 2.89 bits per heavy atom. The maximum Gasteiger partial charge on any atom is 0.0826 e. The molecule has 4 nitrogen and oxygen atoms in total. The van der Waals surface area contributed by atoms with Gasteiger partial charge in [-0.2, -0.15) is 0 Å². The van der Waals surface area contributed by atoms with Crippen molar-refractivity contribution in [2.45, 2.75) is 49.9 Å². The predicted molar refractivity (Wildman–Crippen MR) is 70.8 cm³/mol. The second-order valence-electron chi connectivity index (χ2n) is 6.17. The molecular weight excluding hydrogens is 228 g/mol. The summed E-state index contributed by atoms with van der Waals surface area (Å²) in [5.41, 5.74) is 0.253. The quantitative estimate of drug-likeness (QED) is 0.815. The van der Waals surface area contributed by atoms with E-state index in [0.29, 0.717) is 12.1 Å². The molecule has 0 aromatic rings. The van der Waals surface area contributed by atoms with Crippen LogP contribution in [-0.2, 0) is 9.47 Å². The largest absolute Gasteiger partial charge is 0.375 e. The average Bonchev–Trinajstić information content (AvgIpc) is 2.38. The van der Waals surface area contributed by atoms with Crippen LogP contribution in [0.1, 0.15) is 32.1 Å². The zero-order chi connectivity index (χ0) is 12.4. The number of nitrogens with zero attached hydrogens (tertiary/aromatic N) is 1. The first-order valence-corrected chi connectivity index (χ1v) is 7.44. The number of hydrogen-bond donors (Lipinski definition) is 1. The second-order valence-corrected chi connectivity index (χ2v) is 6.17. The van der Waals surface area contributed by atoms with E-state index in [4.69, 9.17) is 9.47 Å². The lowest BCUT2D eigenvalue weighted by Gasteiger charge is -2.49. The van der Waals surface area contributed by atoms with Gasteiger partial charge in [-0.25, -0.2) is 0 Å². The van der Waals surface area contributed by atoms with E-state index in [1.54, 1.807) is 0 Å². The number of likely N-dealkylation sites (N-methyl/N-ethyl adjacent to an activating group) is 1. The molecule has 1 N–H and O–H groups in total. The fourth-order valence-electron chi connectivity index (χ4n) is 3.50. The fourth-order valence-corrected chi connectivity index (χ4v) is 3.50. The minimum atomic E-state index is 0.253. The molecule has 0 aromatic heterocycles. The maximum absolute atomic E-state index is 6.00. The predicted octanol–water partition coefficient (Wildman–Crippen LogP) is 1.01. The van der Waals surface area contributed by atoms with Gasteiger partial charge >= 0.3 is 0 Å². The Hall–Kier alpha value is -0.160. The van der Waals surface area contributed by atoms with Crippen molar-refractivity contribution >= 4 is 0 Å². The van der Waals surface area contributed by atoms with Crippen molar-refractivity contribution in [1.82, 2.24) is 10.2 Å². The number of rotatable bonds is 3. The summed E-state index contributed by atoms with van der Waals surface area (Å²) >= 11 is 0. The summed E-state index contributed by atoms with van der Waals surface area (Å²) in [4.78, 5) is 2.50. The standard InChI is InChI=1S/C14H26N2O2/c1-16(11-13-10-15-6-8-17-13)12-3-7-18-14(9-12)4-2-5-14/h12-13,15H,2-11H2,1H3. The SMILES string of the molecule is CN(CC1CNCCO1)C1CCOC2(CCC2)C1. The number of nitrogens with one attached hydrogen (secondary N) is 1. The van der Waals surface area contributed by atoms with Crippen LogP contribution in [0.5, 0.6) is 0 Å². The molecule has 3 aliphatic rings. The summed E-state index contributed by atoms with van der Waals surface area (Å²) in [5.74, 6) is 0. The normalized spacial score (nSPS) is 35.7. The van der Waals surface area contributed by atoms with Gasteiger partial charge in [0, 0.05) is 32.3 Å². The highest BCUT2D eigenvalue weighted by molar-refractivity contribution is 4.96. The van der Waals surface area contributed by atoms with Crippen LogP contribution < -0.4 is 5.32 Å². The van der Waals surface area contributed by atoms with Crippen molar-refractivity contribution in [3.05, 3.63) is 0 Å². The summed E-state index contributed by atoms with van der Waals surface area (Å²) in [6.07, 6.45) is 6.68. The monoisotopic (exact) mass is 254 g/mol. The molecule has 1 aliphatic carbocycles. The minimum Gasteiger partial charge on any atom is -0.375 e. The van der Waals surface area contributed by atoms with Crippen LogP contribution in [0.3, 0.4) is 0 Å². The fraction of sp³-hybridized carbons (Fsp3) is 1.00. The van der Waals surface area contributed by atoms with Crippen molar-refractivity contribution in [3.63, 3.8) is 0 Å². The van der Waals surface area contributed by atoms with Crippen molar-refractivity contribution in [2.24, 2.45) is 0 Å². The van der Waals surface area contributed by atoms with Crippen LogP contribution in [0, 0.1) is 0 Å².